The van der Waals surface area contributed by atoms with Crippen molar-refractivity contribution in [1.82, 2.24) is 9.97 Å². The molecule has 0 aliphatic heterocycles. The van der Waals surface area contributed by atoms with Crippen LogP contribution in [-0.4, -0.2) is 9.97 Å². The second-order valence-electron chi connectivity index (χ2n) is 14.4. The van der Waals surface area contributed by atoms with Crippen molar-refractivity contribution in [3.05, 3.63) is 30.6 Å². The van der Waals surface area contributed by atoms with E-state index in [2.05, 4.69) is 44.6 Å². The van der Waals surface area contributed by atoms with Crippen LogP contribution < -0.4 is 0 Å². The molecule has 8 atom stereocenters. The third-order valence-electron chi connectivity index (χ3n) is 12.1. The van der Waals surface area contributed by atoms with Gasteiger partial charge in [0.25, 0.3) is 0 Å². The molecule has 1 heterocycles. The van der Waals surface area contributed by atoms with E-state index in [4.69, 9.17) is 0 Å². The van der Waals surface area contributed by atoms with Crippen LogP contribution in [0.3, 0.4) is 0 Å². The number of para-hydroxylation sites is 2. The number of hydrogen-bond acceptors (Lipinski definition) is 1. The Balaban J connectivity index is 0.000000247. The SMILES string of the molecule is CC(C)CCCC(C)[C@H]1CC[C@H]2[C@@H]3CCC4CCCC[C@]4(C)[C@H]3CC[C@]12C.c1ccc2[nH]cnc2c1. The number of nitrogens with zero attached hydrogens (tertiary/aromatic N) is 1. The van der Waals surface area contributed by atoms with Gasteiger partial charge in [-0.25, -0.2) is 4.98 Å². The van der Waals surface area contributed by atoms with E-state index in [1.807, 2.05) is 24.3 Å². The topological polar surface area (TPSA) is 28.7 Å². The predicted molar refractivity (Wildman–Crippen MR) is 154 cm³/mol. The van der Waals surface area contributed by atoms with Crippen molar-refractivity contribution in [3.63, 3.8) is 0 Å². The normalized spacial score (nSPS) is 38.6. The zero-order valence-corrected chi connectivity index (χ0v) is 24.1. The van der Waals surface area contributed by atoms with Crippen LogP contribution in [0.2, 0.25) is 0 Å². The highest BCUT2D eigenvalue weighted by Gasteiger charge is 2.60. The first-order chi connectivity index (χ1) is 17.3. The fourth-order valence-corrected chi connectivity index (χ4v) is 10.2. The van der Waals surface area contributed by atoms with Gasteiger partial charge in [-0.15, -0.1) is 0 Å². The second-order valence-corrected chi connectivity index (χ2v) is 14.4. The molecule has 4 aliphatic rings. The molecule has 1 aromatic heterocycles. The van der Waals surface area contributed by atoms with Gasteiger partial charge in [-0.05, 0) is 116 Å². The Morgan fingerprint density at radius 2 is 1.67 bits per heavy atom. The van der Waals surface area contributed by atoms with Crippen LogP contribution in [0.5, 0.6) is 0 Å². The lowest BCUT2D eigenvalue weighted by Gasteiger charge is -2.61. The highest BCUT2D eigenvalue weighted by Crippen LogP contribution is 2.68. The molecule has 36 heavy (non-hydrogen) atoms. The van der Waals surface area contributed by atoms with Crippen LogP contribution in [0.25, 0.3) is 11.0 Å². The average Bonchev–Trinajstić information content (AvgIpc) is 3.48. The Morgan fingerprint density at radius 3 is 2.47 bits per heavy atom. The van der Waals surface area contributed by atoms with Gasteiger partial charge in [0.15, 0.2) is 0 Å². The van der Waals surface area contributed by atoms with Crippen LogP contribution in [0.4, 0.5) is 0 Å². The minimum absolute atomic E-state index is 0.677. The first-order valence-electron chi connectivity index (χ1n) is 15.7. The van der Waals surface area contributed by atoms with E-state index in [0.29, 0.717) is 10.8 Å². The van der Waals surface area contributed by atoms with Gasteiger partial charge in [-0.3, -0.25) is 0 Å². The summed E-state index contributed by atoms with van der Waals surface area (Å²) in [6.07, 6.45) is 21.6. The Morgan fingerprint density at radius 1 is 0.861 bits per heavy atom. The molecular weight excluding hydrogens is 436 g/mol. The number of aromatic amines is 1. The summed E-state index contributed by atoms with van der Waals surface area (Å²) in [5, 5.41) is 0. The van der Waals surface area contributed by atoms with Gasteiger partial charge >= 0.3 is 0 Å². The minimum atomic E-state index is 0.677. The van der Waals surface area contributed by atoms with Gasteiger partial charge in [-0.2, -0.15) is 0 Å². The van der Waals surface area contributed by atoms with E-state index in [1.165, 1.54) is 32.1 Å². The molecule has 0 radical (unpaired) electrons. The van der Waals surface area contributed by atoms with Crippen LogP contribution in [0.15, 0.2) is 30.6 Å². The van der Waals surface area contributed by atoms with Crippen molar-refractivity contribution < 1.29 is 0 Å². The summed E-state index contributed by atoms with van der Waals surface area (Å²) in [5.41, 5.74) is 3.51. The third kappa shape index (κ3) is 4.92. The Kier molecular flexibility index (Phi) is 7.90. The van der Waals surface area contributed by atoms with Crippen LogP contribution >= 0.6 is 0 Å². The van der Waals surface area contributed by atoms with Gasteiger partial charge in [0.05, 0.1) is 17.4 Å². The van der Waals surface area contributed by atoms with Crippen molar-refractivity contribution in [2.24, 2.45) is 52.3 Å². The molecule has 0 amide bonds. The molecule has 2 unspecified atom stereocenters. The monoisotopic (exact) mass is 490 g/mol. The summed E-state index contributed by atoms with van der Waals surface area (Å²) >= 11 is 0. The largest absolute Gasteiger partial charge is 0.345 e. The molecule has 200 valence electrons. The summed E-state index contributed by atoms with van der Waals surface area (Å²) in [4.78, 5) is 7.07. The number of benzene rings is 1. The minimum Gasteiger partial charge on any atom is -0.345 e. The number of fused-ring (bicyclic) bond motifs is 6. The summed E-state index contributed by atoms with van der Waals surface area (Å²) in [5.74, 6) is 7.15. The zero-order chi connectivity index (χ0) is 25.3. The standard InChI is InChI=1S/C27H48.C7H6N2/c1-19(2)9-8-10-20(3)23-14-15-24-22-13-12-21-11-6-7-17-26(21,4)25(22)16-18-27(23,24)5;1-2-4-7-6(3-1)8-5-9-7/h19-25H,6-18H2,1-5H3;1-5H,(H,8,9)/t20?,21?,22-,23+,24-,25-,26-,27+;/m0./s1. The molecule has 2 heteroatoms. The van der Waals surface area contributed by atoms with Crippen LogP contribution in [0.1, 0.15) is 118 Å². The zero-order valence-electron chi connectivity index (χ0n) is 24.1. The van der Waals surface area contributed by atoms with Gasteiger partial charge in [-0.1, -0.05) is 78.9 Å². The number of H-pyrrole nitrogens is 1. The fraction of sp³-hybridized carbons (Fsp3) is 0.794. The van der Waals surface area contributed by atoms with Crippen molar-refractivity contribution in [2.75, 3.05) is 0 Å². The molecule has 2 nitrogen and oxygen atoms in total. The quantitative estimate of drug-likeness (QED) is 0.443. The van der Waals surface area contributed by atoms with Crippen LogP contribution in [-0.2, 0) is 0 Å². The van der Waals surface area contributed by atoms with Gasteiger partial charge in [0.1, 0.15) is 0 Å². The Labute approximate surface area is 221 Å². The van der Waals surface area contributed by atoms with Gasteiger partial charge in [0.2, 0.25) is 0 Å². The smallest absolute Gasteiger partial charge is 0.0931 e. The van der Waals surface area contributed by atoms with E-state index in [1.54, 1.807) is 57.7 Å². The first kappa shape index (κ1) is 26.3. The number of nitrogens with one attached hydrogen (secondary N) is 1. The molecule has 1 aromatic carbocycles. The second kappa shape index (κ2) is 10.8. The third-order valence-corrected chi connectivity index (χ3v) is 12.1. The maximum absolute atomic E-state index is 4.06. The lowest BCUT2D eigenvalue weighted by molar-refractivity contribution is -0.114. The molecule has 4 fully saturated rings. The predicted octanol–water partition coefficient (Wildman–Crippen LogP) is 10.1. The summed E-state index contributed by atoms with van der Waals surface area (Å²) in [6, 6.07) is 7.94. The van der Waals surface area contributed by atoms with Crippen molar-refractivity contribution >= 4 is 11.0 Å². The van der Waals surface area contributed by atoms with Crippen LogP contribution in [0, 0.1) is 52.3 Å². The Hall–Kier alpha value is -1.31. The first-order valence-corrected chi connectivity index (χ1v) is 15.7. The summed E-state index contributed by atoms with van der Waals surface area (Å²) in [7, 11) is 0. The maximum atomic E-state index is 4.06. The number of imidazole rings is 1. The van der Waals surface area contributed by atoms with Gasteiger partial charge in [0, 0.05) is 0 Å². The maximum Gasteiger partial charge on any atom is 0.0931 e. The molecule has 4 saturated carbocycles. The molecule has 2 aromatic rings. The highest BCUT2D eigenvalue weighted by molar-refractivity contribution is 5.73. The lowest BCUT2D eigenvalue weighted by atomic mass is 9.44. The summed E-state index contributed by atoms with van der Waals surface area (Å²) in [6.45, 7) is 12.9. The summed E-state index contributed by atoms with van der Waals surface area (Å²) < 4.78 is 0. The van der Waals surface area contributed by atoms with Crippen molar-refractivity contribution in [1.29, 1.82) is 0 Å². The highest BCUT2D eigenvalue weighted by atomic mass is 14.9. The molecule has 0 bridgehead atoms. The average molecular weight is 491 g/mol. The van der Waals surface area contributed by atoms with E-state index in [9.17, 15) is 0 Å². The van der Waals surface area contributed by atoms with E-state index in [0.717, 1.165) is 52.5 Å². The molecular formula is C34H54N2. The van der Waals surface area contributed by atoms with Crippen molar-refractivity contribution in [3.8, 4) is 0 Å². The van der Waals surface area contributed by atoms with E-state index in [-0.39, 0.29) is 0 Å². The number of aromatic nitrogens is 2. The fourth-order valence-electron chi connectivity index (χ4n) is 10.2. The van der Waals surface area contributed by atoms with E-state index >= 15 is 0 Å². The molecule has 0 spiro atoms. The van der Waals surface area contributed by atoms with Gasteiger partial charge < -0.3 is 4.98 Å². The molecule has 1 N–H and O–H groups in total. The molecule has 4 aliphatic carbocycles. The molecule has 6 rings (SSSR count). The van der Waals surface area contributed by atoms with Crippen molar-refractivity contribution in [2.45, 2.75) is 118 Å². The lowest BCUT2D eigenvalue weighted by Crippen LogP contribution is -2.53. The number of hydrogen-bond donors (Lipinski definition) is 1. The molecule has 0 saturated heterocycles. The number of rotatable bonds is 5. The van der Waals surface area contributed by atoms with E-state index < -0.39 is 0 Å². The Bertz CT molecular complexity index is 946.